The number of furan rings is 1. The third-order valence-corrected chi connectivity index (χ3v) is 13.1. The van der Waals surface area contributed by atoms with Crippen LogP contribution in [-0.2, 0) is 31.9 Å². The van der Waals surface area contributed by atoms with E-state index in [1.807, 2.05) is 30.5 Å². The standard InChI is InChI=1S/C55H58N3O2.Pt/c1-33(2)40-28-36(35-22-25-55(9,10)26-23-35)16-18-45(40)58-46-19-21-48-49(50(46)57-52(58)42-31-39(53(3,4)5)32-43(51(42)59)54(6,7)8)41-29-38(17-20-47(41)60-48)44-30-37(24-27-56-44)34-14-12-11-13-15-34;/h11-21,24,27-28,30-33,35,59H,22-23,25-26H2,1-10H3;/q-1;. The van der Waals surface area contributed by atoms with Crippen molar-refractivity contribution in [3.05, 3.63) is 132 Å². The fourth-order valence-corrected chi connectivity index (χ4v) is 9.32. The molecule has 3 heterocycles. The van der Waals surface area contributed by atoms with Crippen molar-refractivity contribution in [2.24, 2.45) is 5.41 Å². The number of hydrogen-bond donors (Lipinski definition) is 1. The van der Waals surface area contributed by atoms with E-state index in [2.05, 4.69) is 153 Å². The molecule has 1 saturated carbocycles. The van der Waals surface area contributed by atoms with Gasteiger partial charge in [0.1, 0.15) is 11.6 Å². The van der Waals surface area contributed by atoms with Gasteiger partial charge in [-0.3, -0.25) is 9.55 Å². The summed E-state index contributed by atoms with van der Waals surface area (Å²) in [5, 5.41) is 14.2. The van der Waals surface area contributed by atoms with Crippen molar-refractivity contribution >= 4 is 33.0 Å². The first-order valence-electron chi connectivity index (χ1n) is 21.8. The number of pyridine rings is 1. The Kier molecular flexibility index (Phi) is 11.0. The molecule has 0 spiro atoms. The molecule has 6 heteroatoms. The summed E-state index contributed by atoms with van der Waals surface area (Å²) in [6.45, 7) is 22.6. The Labute approximate surface area is 375 Å². The van der Waals surface area contributed by atoms with Crippen LogP contribution in [0.3, 0.4) is 0 Å². The Hall–Kier alpha value is -4.99. The van der Waals surface area contributed by atoms with E-state index in [1.165, 1.54) is 36.8 Å². The zero-order valence-electron chi connectivity index (χ0n) is 37.3. The summed E-state index contributed by atoms with van der Waals surface area (Å²) in [5.41, 5.74) is 13.7. The summed E-state index contributed by atoms with van der Waals surface area (Å²) in [6.07, 6.45) is 6.78. The van der Waals surface area contributed by atoms with Crippen LogP contribution in [0.2, 0.25) is 0 Å². The van der Waals surface area contributed by atoms with E-state index in [0.29, 0.717) is 17.2 Å². The molecule has 316 valence electrons. The number of phenolic OH excluding ortho intramolecular Hbond substituents is 1. The summed E-state index contributed by atoms with van der Waals surface area (Å²) in [4.78, 5) is 10.4. The monoisotopic (exact) mass is 987 g/mol. The van der Waals surface area contributed by atoms with E-state index in [9.17, 15) is 5.11 Å². The normalized spacial score (nSPS) is 14.9. The molecule has 0 radical (unpaired) electrons. The first-order valence-corrected chi connectivity index (χ1v) is 21.8. The molecule has 0 amide bonds. The van der Waals surface area contributed by atoms with Gasteiger partial charge in [-0.25, -0.2) is 4.98 Å². The van der Waals surface area contributed by atoms with Crippen molar-refractivity contribution in [3.63, 3.8) is 0 Å². The van der Waals surface area contributed by atoms with Crippen LogP contribution in [-0.4, -0.2) is 19.6 Å². The second-order valence-corrected chi connectivity index (χ2v) is 20.4. The Morgan fingerprint density at radius 1 is 0.803 bits per heavy atom. The van der Waals surface area contributed by atoms with E-state index < -0.39 is 0 Å². The van der Waals surface area contributed by atoms with Crippen LogP contribution in [0.1, 0.15) is 129 Å². The van der Waals surface area contributed by atoms with E-state index >= 15 is 0 Å². The molecule has 5 nitrogen and oxygen atoms in total. The van der Waals surface area contributed by atoms with Crippen molar-refractivity contribution in [1.82, 2.24) is 14.5 Å². The van der Waals surface area contributed by atoms with Crippen LogP contribution in [0, 0.1) is 11.5 Å². The quantitative estimate of drug-likeness (QED) is 0.169. The van der Waals surface area contributed by atoms with Gasteiger partial charge in [0, 0.05) is 38.5 Å². The van der Waals surface area contributed by atoms with Gasteiger partial charge < -0.3 is 9.52 Å². The van der Waals surface area contributed by atoms with Crippen LogP contribution < -0.4 is 0 Å². The van der Waals surface area contributed by atoms with Gasteiger partial charge in [-0.2, -0.15) is 0 Å². The van der Waals surface area contributed by atoms with Crippen molar-refractivity contribution in [2.45, 2.75) is 118 Å². The van der Waals surface area contributed by atoms with Gasteiger partial charge in [0.15, 0.2) is 0 Å². The summed E-state index contributed by atoms with van der Waals surface area (Å²) < 4.78 is 8.87. The average molecular weight is 988 g/mol. The molecule has 0 bridgehead atoms. The maximum absolute atomic E-state index is 12.4. The third-order valence-electron chi connectivity index (χ3n) is 13.1. The predicted molar refractivity (Wildman–Crippen MR) is 249 cm³/mol. The van der Waals surface area contributed by atoms with E-state index in [0.717, 1.165) is 77.7 Å². The zero-order chi connectivity index (χ0) is 42.3. The molecule has 1 aliphatic carbocycles. The number of nitrogens with zero attached hydrogens (tertiary/aromatic N) is 3. The molecule has 0 saturated heterocycles. The first-order chi connectivity index (χ1) is 28.5. The molecule has 3 aromatic heterocycles. The molecule has 0 unspecified atom stereocenters. The van der Waals surface area contributed by atoms with Gasteiger partial charge in [-0.15, -0.1) is 12.1 Å². The number of aromatic hydroxyl groups is 1. The van der Waals surface area contributed by atoms with Crippen LogP contribution >= 0.6 is 0 Å². The number of rotatable bonds is 6. The van der Waals surface area contributed by atoms with Gasteiger partial charge in [0.2, 0.25) is 0 Å². The molecule has 8 aromatic rings. The molecule has 9 rings (SSSR count). The van der Waals surface area contributed by atoms with E-state index in [4.69, 9.17) is 14.4 Å². The largest absolute Gasteiger partial charge is 0.507 e. The molecule has 1 N–H and O–H groups in total. The topological polar surface area (TPSA) is 64.1 Å². The van der Waals surface area contributed by atoms with Gasteiger partial charge in [-0.1, -0.05) is 141 Å². The maximum Gasteiger partial charge on any atom is 0.148 e. The van der Waals surface area contributed by atoms with Gasteiger partial charge >= 0.3 is 0 Å². The van der Waals surface area contributed by atoms with Crippen LogP contribution in [0.25, 0.3) is 72.4 Å². The summed E-state index contributed by atoms with van der Waals surface area (Å²) in [7, 11) is 0. The summed E-state index contributed by atoms with van der Waals surface area (Å²) in [6, 6.07) is 38.1. The zero-order valence-corrected chi connectivity index (χ0v) is 39.6. The average Bonchev–Trinajstić information content (AvgIpc) is 3.78. The number of aromatic nitrogens is 3. The minimum Gasteiger partial charge on any atom is -0.507 e. The fraction of sp³-hybridized carbons (Fsp3) is 0.345. The Bertz CT molecular complexity index is 2910. The van der Waals surface area contributed by atoms with Crippen molar-refractivity contribution in [1.29, 1.82) is 0 Å². The van der Waals surface area contributed by atoms with Crippen molar-refractivity contribution < 1.29 is 30.6 Å². The van der Waals surface area contributed by atoms with Crippen LogP contribution in [0.4, 0.5) is 0 Å². The Balaban J connectivity index is 0.00000514. The molecule has 0 aliphatic heterocycles. The molecule has 61 heavy (non-hydrogen) atoms. The molecule has 5 aromatic carbocycles. The van der Waals surface area contributed by atoms with Crippen LogP contribution in [0.15, 0.2) is 108 Å². The first kappa shape index (κ1) is 42.7. The van der Waals surface area contributed by atoms with Gasteiger partial charge in [0.25, 0.3) is 0 Å². The second-order valence-electron chi connectivity index (χ2n) is 20.4. The molecule has 0 atom stereocenters. The molecule has 1 aliphatic rings. The maximum atomic E-state index is 12.4. The number of hydrogen-bond acceptors (Lipinski definition) is 4. The minimum atomic E-state index is -0.304. The number of imidazole rings is 1. The number of benzene rings is 5. The second kappa shape index (κ2) is 15.7. The Morgan fingerprint density at radius 2 is 1.52 bits per heavy atom. The number of fused-ring (bicyclic) bond motifs is 5. The van der Waals surface area contributed by atoms with E-state index in [-0.39, 0.29) is 43.6 Å². The van der Waals surface area contributed by atoms with Gasteiger partial charge in [0.05, 0.1) is 33.5 Å². The van der Waals surface area contributed by atoms with Crippen molar-refractivity contribution in [2.75, 3.05) is 0 Å². The SMILES string of the molecule is CC(C)c1cc(C2CCC(C)(C)CC2)ccc1-n1c(-c2cc(C(C)(C)C)cc(C(C)(C)C)c2O)nc2c3c(ccc21)oc1ccc(-c2cc(-c4ccccc4)ccn2)[c-]c13.[Pt]. The molecule has 1 fully saturated rings. The van der Waals surface area contributed by atoms with Crippen molar-refractivity contribution in [3.8, 4) is 45.2 Å². The number of phenols is 1. The van der Waals surface area contributed by atoms with E-state index in [1.54, 1.807) is 0 Å². The smallest absolute Gasteiger partial charge is 0.148 e. The Morgan fingerprint density at radius 3 is 2.21 bits per heavy atom. The summed E-state index contributed by atoms with van der Waals surface area (Å²) >= 11 is 0. The molecular weight excluding hydrogens is 930 g/mol. The van der Waals surface area contributed by atoms with Crippen LogP contribution in [0.5, 0.6) is 5.75 Å². The van der Waals surface area contributed by atoms with Gasteiger partial charge in [-0.05, 0) is 117 Å². The summed E-state index contributed by atoms with van der Waals surface area (Å²) in [5.74, 6) is 1.78. The predicted octanol–water partition coefficient (Wildman–Crippen LogP) is 15.2. The minimum absolute atomic E-state index is 0. The fourth-order valence-electron chi connectivity index (χ4n) is 9.32. The molecular formula is C55H58N3O2Pt-. The third kappa shape index (κ3) is 7.89.